The van der Waals surface area contributed by atoms with Crippen molar-refractivity contribution in [1.82, 2.24) is 9.97 Å². The Hall–Kier alpha value is -2.73. The Morgan fingerprint density at radius 2 is 1.85 bits per heavy atom. The molecule has 0 bridgehead atoms. The molecule has 0 radical (unpaired) electrons. The molecule has 4 nitrogen and oxygen atoms in total. The number of benzene rings is 2. The third-order valence-electron chi connectivity index (χ3n) is 3.63. The molecule has 0 aliphatic rings. The normalized spacial score (nSPS) is 10.6. The van der Waals surface area contributed by atoms with Crippen molar-refractivity contribution in [2.45, 2.75) is 19.0 Å². The van der Waals surface area contributed by atoms with Crippen LogP contribution >= 0.6 is 11.8 Å². The highest BCUT2D eigenvalue weighted by Gasteiger charge is 2.10. The maximum absolute atomic E-state index is 13.8. The number of nitrogens with zero attached hydrogens (tertiary/aromatic N) is 2. The fourth-order valence-corrected chi connectivity index (χ4v) is 3.10. The number of aryl methyl sites for hydroxylation is 2. The molecule has 3 rings (SSSR count). The SMILES string of the molecule is Cc1ccc(NC(=O)CSc2nc(C)cc(-c3ccccc3)n2)c(F)c1. The van der Waals surface area contributed by atoms with Crippen molar-refractivity contribution in [1.29, 1.82) is 0 Å². The second-order valence-electron chi connectivity index (χ2n) is 5.86. The smallest absolute Gasteiger partial charge is 0.234 e. The highest BCUT2D eigenvalue weighted by atomic mass is 32.2. The number of anilines is 1. The molecular formula is C20H18FN3OS. The average molecular weight is 367 g/mol. The van der Waals surface area contributed by atoms with Gasteiger partial charge in [-0.3, -0.25) is 4.79 Å². The van der Waals surface area contributed by atoms with Crippen molar-refractivity contribution in [3.05, 3.63) is 71.7 Å². The number of nitrogens with one attached hydrogen (secondary N) is 1. The zero-order chi connectivity index (χ0) is 18.5. The van der Waals surface area contributed by atoms with Gasteiger partial charge < -0.3 is 5.32 Å². The summed E-state index contributed by atoms with van der Waals surface area (Å²) in [6, 6.07) is 16.4. The van der Waals surface area contributed by atoms with Crippen LogP contribution in [0.1, 0.15) is 11.3 Å². The fourth-order valence-electron chi connectivity index (χ4n) is 2.40. The third kappa shape index (κ3) is 4.67. The Bertz CT molecular complexity index is 932. The fraction of sp³-hybridized carbons (Fsp3) is 0.150. The molecule has 132 valence electrons. The van der Waals surface area contributed by atoms with Gasteiger partial charge in [0.1, 0.15) is 5.82 Å². The molecule has 1 aromatic heterocycles. The highest BCUT2D eigenvalue weighted by Crippen LogP contribution is 2.22. The molecule has 0 aliphatic heterocycles. The Balaban J connectivity index is 1.67. The van der Waals surface area contributed by atoms with E-state index in [0.29, 0.717) is 5.16 Å². The topological polar surface area (TPSA) is 54.9 Å². The monoisotopic (exact) mass is 367 g/mol. The van der Waals surface area contributed by atoms with Crippen molar-refractivity contribution in [3.8, 4) is 11.3 Å². The zero-order valence-electron chi connectivity index (χ0n) is 14.5. The molecule has 6 heteroatoms. The van der Waals surface area contributed by atoms with Gasteiger partial charge in [-0.25, -0.2) is 14.4 Å². The van der Waals surface area contributed by atoms with Crippen LogP contribution < -0.4 is 5.32 Å². The maximum atomic E-state index is 13.8. The first-order valence-corrected chi connectivity index (χ1v) is 9.10. The van der Waals surface area contributed by atoms with Crippen molar-refractivity contribution < 1.29 is 9.18 Å². The largest absolute Gasteiger partial charge is 0.323 e. The number of carbonyl (C=O) groups excluding carboxylic acids is 1. The molecular weight excluding hydrogens is 349 g/mol. The molecule has 1 amide bonds. The summed E-state index contributed by atoms with van der Waals surface area (Å²) in [5.74, 6) is -0.643. The number of rotatable bonds is 5. The minimum Gasteiger partial charge on any atom is -0.323 e. The van der Waals surface area contributed by atoms with Gasteiger partial charge in [-0.1, -0.05) is 48.2 Å². The summed E-state index contributed by atoms with van der Waals surface area (Å²) in [7, 11) is 0. The van der Waals surface area contributed by atoms with Gasteiger partial charge in [0.15, 0.2) is 5.16 Å². The van der Waals surface area contributed by atoms with Gasteiger partial charge >= 0.3 is 0 Å². The Morgan fingerprint density at radius 3 is 2.58 bits per heavy atom. The molecule has 0 unspecified atom stereocenters. The summed E-state index contributed by atoms with van der Waals surface area (Å²) >= 11 is 1.22. The van der Waals surface area contributed by atoms with Crippen LogP contribution in [0.25, 0.3) is 11.3 Å². The summed E-state index contributed by atoms with van der Waals surface area (Å²) in [6.45, 7) is 3.68. The van der Waals surface area contributed by atoms with E-state index in [9.17, 15) is 9.18 Å². The maximum Gasteiger partial charge on any atom is 0.234 e. The second-order valence-corrected chi connectivity index (χ2v) is 6.81. The van der Waals surface area contributed by atoms with Crippen LogP contribution in [0.15, 0.2) is 59.8 Å². The number of hydrogen-bond donors (Lipinski definition) is 1. The first-order chi connectivity index (χ1) is 12.5. The van der Waals surface area contributed by atoms with Crippen LogP contribution in [0.3, 0.4) is 0 Å². The van der Waals surface area contributed by atoms with Crippen LogP contribution in [0.2, 0.25) is 0 Å². The number of amides is 1. The summed E-state index contributed by atoms with van der Waals surface area (Å²) in [6.07, 6.45) is 0. The number of halogens is 1. The summed E-state index contributed by atoms with van der Waals surface area (Å²) in [5, 5.41) is 3.10. The lowest BCUT2D eigenvalue weighted by atomic mass is 10.1. The van der Waals surface area contributed by atoms with Crippen LogP contribution in [-0.4, -0.2) is 21.6 Å². The molecule has 26 heavy (non-hydrogen) atoms. The van der Waals surface area contributed by atoms with Crippen molar-refractivity contribution >= 4 is 23.4 Å². The minimum absolute atomic E-state index is 0.102. The van der Waals surface area contributed by atoms with Crippen molar-refractivity contribution in [2.24, 2.45) is 0 Å². The van der Waals surface area contributed by atoms with E-state index >= 15 is 0 Å². The Kier molecular flexibility index (Phi) is 5.63. The lowest BCUT2D eigenvalue weighted by molar-refractivity contribution is -0.113. The standard InChI is InChI=1S/C20H18FN3OS/c1-13-8-9-17(16(21)10-13)23-19(25)12-26-20-22-14(2)11-18(24-20)15-6-4-3-5-7-15/h3-11H,12H2,1-2H3,(H,23,25). The van der Waals surface area contributed by atoms with Crippen LogP contribution in [-0.2, 0) is 4.79 Å². The van der Waals surface area contributed by atoms with E-state index in [1.165, 1.54) is 17.8 Å². The van der Waals surface area contributed by atoms with Gasteiger partial charge in [0.25, 0.3) is 0 Å². The summed E-state index contributed by atoms with van der Waals surface area (Å²) < 4.78 is 13.8. The van der Waals surface area contributed by atoms with Gasteiger partial charge in [-0.2, -0.15) is 0 Å². The molecule has 0 saturated carbocycles. The molecule has 0 fully saturated rings. The van der Waals surface area contributed by atoms with Gasteiger partial charge in [0, 0.05) is 11.3 Å². The Morgan fingerprint density at radius 1 is 1.08 bits per heavy atom. The van der Waals surface area contributed by atoms with E-state index in [1.54, 1.807) is 19.1 Å². The summed E-state index contributed by atoms with van der Waals surface area (Å²) in [4.78, 5) is 21.0. The molecule has 0 spiro atoms. The zero-order valence-corrected chi connectivity index (χ0v) is 15.3. The van der Waals surface area contributed by atoms with Gasteiger partial charge in [-0.05, 0) is 37.6 Å². The van der Waals surface area contributed by atoms with Gasteiger partial charge in [-0.15, -0.1) is 0 Å². The quantitative estimate of drug-likeness (QED) is 0.528. The lowest BCUT2D eigenvalue weighted by Gasteiger charge is -2.08. The molecule has 0 saturated heterocycles. The van der Waals surface area contributed by atoms with Crippen LogP contribution in [0.4, 0.5) is 10.1 Å². The van der Waals surface area contributed by atoms with E-state index in [2.05, 4.69) is 15.3 Å². The van der Waals surface area contributed by atoms with E-state index < -0.39 is 5.82 Å². The third-order valence-corrected chi connectivity index (χ3v) is 4.48. The number of thioether (sulfide) groups is 1. The van der Waals surface area contributed by atoms with Crippen molar-refractivity contribution in [3.63, 3.8) is 0 Å². The summed E-state index contributed by atoms with van der Waals surface area (Å²) in [5.41, 5.74) is 3.61. The van der Waals surface area contributed by atoms with Crippen LogP contribution in [0, 0.1) is 19.7 Å². The van der Waals surface area contributed by atoms with E-state index in [1.807, 2.05) is 43.3 Å². The predicted octanol–water partition coefficient (Wildman–Crippen LogP) is 4.63. The van der Waals surface area contributed by atoms with Gasteiger partial charge in [0.05, 0.1) is 17.1 Å². The number of carbonyl (C=O) groups is 1. The first kappa shape index (κ1) is 18.1. The minimum atomic E-state index is -0.443. The number of hydrogen-bond acceptors (Lipinski definition) is 4. The van der Waals surface area contributed by atoms with E-state index in [-0.39, 0.29) is 17.3 Å². The molecule has 2 aromatic carbocycles. The molecule has 0 atom stereocenters. The Labute approximate surface area is 155 Å². The highest BCUT2D eigenvalue weighted by molar-refractivity contribution is 7.99. The average Bonchev–Trinajstić information content (AvgIpc) is 2.63. The first-order valence-electron chi connectivity index (χ1n) is 8.11. The van der Waals surface area contributed by atoms with Crippen LogP contribution in [0.5, 0.6) is 0 Å². The van der Waals surface area contributed by atoms with E-state index in [4.69, 9.17) is 0 Å². The van der Waals surface area contributed by atoms with Crippen molar-refractivity contribution in [2.75, 3.05) is 11.1 Å². The lowest BCUT2D eigenvalue weighted by Crippen LogP contribution is -2.15. The molecule has 3 aromatic rings. The molecule has 0 aliphatic carbocycles. The van der Waals surface area contributed by atoms with Gasteiger partial charge in [0.2, 0.25) is 5.91 Å². The second kappa shape index (κ2) is 8.10. The molecule has 1 N–H and O–H groups in total. The predicted molar refractivity (Wildman–Crippen MR) is 103 cm³/mol. The molecule has 1 heterocycles. The number of aromatic nitrogens is 2. The van der Waals surface area contributed by atoms with E-state index in [0.717, 1.165) is 22.5 Å².